The van der Waals surface area contributed by atoms with Gasteiger partial charge >= 0.3 is 0 Å². The lowest BCUT2D eigenvalue weighted by atomic mass is 10.2. The second kappa shape index (κ2) is 5.50. The van der Waals surface area contributed by atoms with E-state index in [0.717, 1.165) is 15.9 Å². The van der Waals surface area contributed by atoms with E-state index in [1.165, 1.54) is 11.8 Å². The quantitative estimate of drug-likeness (QED) is 0.391. The average Bonchev–Trinajstić information content (AvgIpc) is 2.70. The lowest BCUT2D eigenvalue weighted by Gasteiger charge is -2.05. The van der Waals surface area contributed by atoms with E-state index in [2.05, 4.69) is 15.4 Å². The van der Waals surface area contributed by atoms with Crippen molar-refractivity contribution < 1.29 is 5.21 Å². The van der Waals surface area contributed by atoms with Crippen LogP contribution in [0.25, 0.3) is 0 Å². The highest BCUT2D eigenvalue weighted by atomic mass is 35.5. The zero-order valence-corrected chi connectivity index (χ0v) is 11.9. The molecule has 0 amide bonds. The molecule has 1 aromatic heterocycles. The molecule has 1 aromatic carbocycles. The number of aryl methyl sites for hydroxylation is 1. The minimum absolute atomic E-state index is 0.0175. The number of hydrogen-bond donors (Lipinski definition) is 2. The Bertz CT molecular complexity index is 640. The summed E-state index contributed by atoms with van der Waals surface area (Å²) in [4.78, 5) is 0.898. The van der Waals surface area contributed by atoms with Crippen molar-refractivity contribution in [1.29, 1.82) is 0 Å². The van der Waals surface area contributed by atoms with Crippen LogP contribution in [-0.4, -0.2) is 25.8 Å². The van der Waals surface area contributed by atoms with Crippen molar-refractivity contribution >= 4 is 29.2 Å². The van der Waals surface area contributed by atoms with Gasteiger partial charge in [-0.05, 0) is 36.9 Å². The van der Waals surface area contributed by atoms with Crippen LogP contribution in [0.1, 0.15) is 11.4 Å². The molecule has 0 unspecified atom stereocenters. The van der Waals surface area contributed by atoms with Crippen LogP contribution in [0, 0.1) is 6.92 Å². The monoisotopic (exact) mass is 297 g/mol. The van der Waals surface area contributed by atoms with Crippen LogP contribution in [0.5, 0.6) is 0 Å². The van der Waals surface area contributed by atoms with E-state index >= 15 is 0 Å². The molecule has 2 rings (SSSR count). The second-order valence-electron chi connectivity index (χ2n) is 3.82. The van der Waals surface area contributed by atoms with Crippen molar-refractivity contribution in [2.45, 2.75) is 17.0 Å². The van der Waals surface area contributed by atoms with Crippen LogP contribution in [0.15, 0.2) is 33.4 Å². The fourth-order valence-corrected chi connectivity index (χ4v) is 2.62. The van der Waals surface area contributed by atoms with Crippen molar-refractivity contribution in [2.75, 3.05) is 0 Å². The van der Waals surface area contributed by atoms with Crippen molar-refractivity contribution in [1.82, 2.24) is 14.8 Å². The summed E-state index contributed by atoms with van der Waals surface area (Å²) in [5.74, 6) is 0.818. The number of rotatable bonds is 3. The van der Waals surface area contributed by atoms with E-state index in [1.54, 1.807) is 12.1 Å². The molecule has 2 aromatic rings. The molecule has 19 heavy (non-hydrogen) atoms. The number of halogens is 1. The first-order valence-electron chi connectivity index (χ1n) is 5.34. The topological polar surface area (TPSA) is 89.3 Å². The van der Waals surface area contributed by atoms with Crippen LogP contribution in [0.2, 0.25) is 5.02 Å². The number of nitrogens with zero attached hydrogens (tertiary/aromatic N) is 4. The summed E-state index contributed by atoms with van der Waals surface area (Å²) in [5.41, 5.74) is 6.00. The van der Waals surface area contributed by atoms with Gasteiger partial charge in [0.1, 0.15) is 5.82 Å². The lowest BCUT2D eigenvalue weighted by molar-refractivity contribution is 0.318. The molecular formula is C11H12ClN5OS. The first kappa shape index (κ1) is 13.7. The van der Waals surface area contributed by atoms with Gasteiger partial charge in [0.25, 0.3) is 0 Å². The number of hydrogen-bond acceptors (Lipinski definition) is 5. The van der Waals surface area contributed by atoms with Gasteiger partial charge in [0.05, 0.1) is 5.02 Å². The molecular weight excluding hydrogens is 286 g/mol. The fourth-order valence-electron chi connectivity index (χ4n) is 1.40. The molecule has 3 N–H and O–H groups in total. The zero-order valence-electron chi connectivity index (χ0n) is 10.3. The third kappa shape index (κ3) is 2.82. The molecule has 6 nitrogen and oxygen atoms in total. The number of amidine groups is 1. The Morgan fingerprint density at radius 1 is 1.47 bits per heavy atom. The highest BCUT2D eigenvalue weighted by molar-refractivity contribution is 7.99. The molecule has 0 fully saturated rings. The number of nitrogens with two attached hydrogens (primary N) is 1. The summed E-state index contributed by atoms with van der Waals surface area (Å²) in [6, 6.07) is 5.26. The van der Waals surface area contributed by atoms with Gasteiger partial charge in [0, 0.05) is 17.5 Å². The molecule has 0 aliphatic carbocycles. The van der Waals surface area contributed by atoms with Gasteiger partial charge in [0.2, 0.25) is 0 Å². The molecule has 0 radical (unpaired) electrons. The summed E-state index contributed by atoms with van der Waals surface area (Å²) >= 11 is 7.53. The highest BCUT2D eigenvalue weighted by Crippen LogP contribution is 2.29. The normalized spacial score (nSPS) is 11.8. The number of aromatic nitrogens is 3. The standard InChI is InChI=1S/C11H12ClN5OS/c1-6-14-15-11(17(6)2)19-7-3-4-8(9(12)5-7)10(13)16-18/h3-5,18H,1-2H3,(H2,13,16). The number of oxime groups is 1. The molecule has 1 heterocycles. The maximum absolute atomic E-state index is 8.63. The molecule has 0 aliphatic heterocycles. The van der Waals surface area contributed by atoms with Gasteiger partial charge in [-0.3, -0.25) is 0 Å². The minimum Gasteiger partial charge on any atom is -0.409 e. The Labute approximate surface area is 119 Å². The molecule has 8 heteroatoms. The molecule has 0 saturated heterocycles. The smallest absolute Gasteiger partial charge is 0.195 e. The maximum Gasteiger partial charge on any atom is 0.195 e. The van der Waals surface area contributed by atoms with Crippen LogP contribution < -0.4 is 5.73 Å². The minimum atomic E-state index is -0.0175. The molecule has 0 atom stereocenters. The Balaban J connectivity index is 2.28. The third-order valence-electron chi connectivity index (χ3n) is 2.59. The fraction of sp³-hybridized carbons (Fsp3) is 0.182. The second-order valence-corrected chi connectivity index (χ2v) is 5.27. The van der Waals surface area contributed by atoms with E-state index in [1.807, 2.05) is 24.6 Å². The van der Waals surface area contributed by atoms with Crippen molar-refractivity contribution in [2.24, 2.45) is 17.9 Å². The van der Waals surface area contributed by atoms with E-state index in [0.29, 0.717) is 10.6 Å². The number of benzene rings is 1. The Morgan fingerprint density at radius 3 is 2.74 bits per heavy atom. The van der Waals surface area contributed by atoms with Crippen molar-refractivity contribution in [3.05, 3.63) is 34.6 Å². The van der Waals surface area contributed by atoms with Gasteiger partial charge in [-0.2, -0.15) is 0 Å². The average molecular weight is 298 g/mol. The molecule has 0 saturated carbocycles. The van der Waals surface area contributed by atoms with E-state index in [4.69, 9.17) is 22.5 Å². The van der Waals surface area contributed by atoms with E-state index in [-0.39, 0.29) is 5.84 Å². The Hall–Kier alpha value is -1.73. The third-order valence-corrected chi connectivity index (χ3v) is 3.93. The SMILES string of the molecule is Cc1nnc(Sc2ccc(C(N)=NO)c(Cl)c2)n1C. The Morgan fingerprint density at radius 2 is 2.21 bits per heavy atom. The summed E-state index contributed by atoms with van der Waals surface area (Å²) in [6.45, 7) is 1.88. The predicted octanol–water partition coefficient (Wildman–Crippen LogP) is 2.02. The molecule has 0 aliphatic rings. The van der Waals surface area contributed by atoms with E-state index < -0.39 is 0 Å². The van der Waals surface area contributed by atoms with Gasteiger partial charge in [-0.1, -0.05) is 16.8 Å². The van der Waals surface area contributed by atoms with Crippen molar-refractivity contribution in [3.63, 3.8) is 0 Å². The van der Waals surface area contributed by atoms with Gasteiger partial charge < -0.3 is 15.5 Å². The summed E-state index contributed by atoms with van der Waals surface area (Å²) < 4.78 is 1.88. The van der Waals surface area contributed by atoms with Gasteiger partial charge in [0.15, 0.2) is 11.0 Å². The lowest BCUT2D eigenvalue weighted by Crippen LogP contribution is -2.13. The van der Waals surface area contributed by atoms with Crippen LogP contribution >= 0.6 is 23.4 Å². The van der Waals surface area contributed by atoms with Crippen LogP contribution in [-0.2, 0) is 7.05 Å². The van der Waals surface area contributed by atoms with Crippen LogP contribution in [0.3, 0.4) is 0 Å². The maximum atomic E-state index is 8.63. The zero-order chi connectivity index (χ0) is 14.0. The van der Waals surface area contributed by atoms with Crippen LogP contribution in [0.4, 0.5) is 0 Å². The van der Waals surface area contributed by atoms with Gasteiger partial charge in [-0.15, -0.1) is 10.2 Å². The summed E-state index contributed by atoms with van der Waals surface area (Å²) in [6.07, 6.45) is 0. The highest BCUT2D eigenvalue weighted by Gasteiger charge is 2.10. The van der Waals surface area contributed by atoms with Crippen molar-refractivity contribution in [3.8, 4) is 0 Å². The first-order valence-corrected chi connectivity index (χ1v) is 6.53. The summed E-state index contributed by atoms with van der Waals surface area (Å²) in [5, 5.41) is 20.8. The predicted molar refractivity (Wildman–Crippen MR) is 73.8 cm³/mol. The Kier molecular flexibility index (Phi) is 3.96. The summed E-state index contributed by atoms with van der Waals surface area (Å²) in [7, 11) is 1.89. The first-order chi connectivity index (χ1) is 9.02. The van der Waals surface area contributed by atoms with E-state index in [9.17, 15) is 0 Å². The molecule has 0 bridgehead atoms. The molecule has 100 valence electrons. The largest absolute Gasteiger partial charge is 0.409 e. The van der Waals surface area contributed by atoms with Gasteiger partial charge in [-0.25, -0.2) is 0 Å². The molecule has 0 spiro atoms.